The van der Waals surface area contributed by atoms with Crippen molar-refractivity contribution in [3.8, 4) is 5.75 Å². The van der Waals surface area contributed by atoms with Gasteiger partial charge >= 0.3 is 5.97 Å². The largest absolute Gasteiger partial charge is 0.493 e. The van der Waals surface area contributed by atoms with Crippen LogP contribution in [0, 0.1) is 0 Å². The molecule has 2 aromatic rings. The summed E-state index contributed by atoms with van der Waals surface area (Å²) in [6.07, 6.45) is 1.68. The quantitative estimate of drug-likeness (QED) is 0.763. The number of nitrogens with one attached hydrogen (secondary N) is 1. The van der Waals surface area contributed by atoms with E-state index in [1.807, 2.05) is 36.4 Å². The molecule has 1 heterocycles. The van der Waals surface area contributed by atoms with Crippen LogP contribution in [0.2, 0.25) is 0 Å². The maximum atomic E-state index is 12.1. The molecule has 1 aliphatic rings. The van der Waals surface area contributed by atoms with Crippen molar-refractivity contribution in [1.29, 1.82) is 0 Å². The molecule has 0 atom stereocenters. The number of para-hydroxylation sites is 1. The monoisotopic (exact) mass is 368 g/mol. The lowest BCUT2D eigenvalue weighted by molar-refractivity contribution is -0.137. The second-order valence-electron chi connectivity index (χ2n) is 5.38. The van der Waals surface area contributed by atoms with Crippen LogP contribution in [0.25, 0.3) is 6.08 Å². The third-order valence-corrected chi connectivity index (χ3v) is 4.29. The van der Waals surface area contributed by atoms with Crippen LogP contribution in [0.3, 0.4) is 0 Å². The van der Waals surface area contributed by atoms with Crippen LogP contribution in [-0.4, -0.2) is 28.8 Å². The number of thioether (sulfide) groups is 1. The van der Waals surface area contributed by atoms with Crippen LogP contribution in [0.1, 0.15) is 12.0 Å². The third-order valence-electron chi connectivity index (χ3n) is 3.38. The number of hydrogen-bond donors (Lipinski definition) is 2. The minimum Gasteiger partial charge on any atom is -0.493 e. The van der Waals surface area contributed by atoms with E-state index < -0.39 is 5.97 Å². The van der Waals surface area contributed by atoms with Crippen LogP contribution < -0.4 is 10.1 Å². The molecule has 0 saturated carbocycles. The normalized spacial score (nSPS) is 16.7. The van der Waals surface area contributed by atoms with Gasteiger partial charge in [-0.3, -0.25) is 9.59 Å². The zero-order chi connectivity index (χ0) is 18.4. The summed E-state index contributed by atoms with van der Waals surface area (Å²) in [7, 11) is 0. The molecule has 2 aromatic carbocycles. The Balaban J connectivity index is 1.70. The van der Waals surface area contributed by atoms with Crippen LogP contribution in [0.15, 0.2) is 64.5 Å². The number of aliphatic carboxylic acids is 1. The Kier molecular flexibility index (Phi) is 5.70. The molecular formula is C19H16N2O4S. The molecule has 0 aliphatic carbocycles. The van der Waals surface area contributed by atoms with Gasteiger partial charge in [-0.25, -0.2) is 4.99 Å². The van der Waals surface area contributed by atoms with Crippen molar-refractivity contribution in [2.45, 2.75) is 6.42 Å². The lowest BCUT2D eigenvalue weighted by Gasteiger charge is -2.05. The summed E-state index contributed by atoms with van der Waals surface area (Å²) in [5.74, 6) is -0.559. The Labute approximate surface area is 154 Å². The van der Waals surface area contributed by atoms with E-state index >= 15 is 0 Å². The van der Waals surface area contributed by atoms with Gasteiger partial charge < -0.3 is 15.2 Å². The number of aliphatic imine (C=N–C) groups is 1. The van der Waals surface area contributed by atoms with Gasteiger partial charge in [0, 0.05) is 0 Å². The highest BCUT2D eigenvalue weighted by Gasteiger charge is 2.23. The van der Waals surface area contributed by atoms with Gasteiger partial charge in [-0.15, -0.1) is 0 Å². The van der Waals surface area contributed by atoms with Crippen molar-refractivity contribution >= 4 is 40.6 Å². The highest BCUT2D eigenvalue weighted by atomic mass is 32.2. The highest BCUT2D eigenvalue weighted by Crippen LogP contribution is 2.28. The first-order valence-electron chi connectivity index (χ1n) is 7.89. The number of carboxylic acids is 1. The highest BCUT2D eigenvalue weighted by molar-refractivity contribution is 8.18. The van der Waals surface area contributed by atoms with Crippen molar-refractivity contribution in [3.05, 3.63) is 65.1 Å². The minimum atomic E-state index is -0.910. The molecule has 1 amide bonds. The van der Waals surface area contributed by atoms with Gasteiger partial charge in [0.15, 0.2) is 5.17 Å². The predicted octanol–water partition coefficient (Wildman–Crippen LogP) is 3.43. The van der Waals surface area contributed by atoms with Crippen molar-refractivity contribution in [3.63, 3.8) is 0 Å². The molecule has 1 aliphatic heterocycles. The van der Waals surface area contributed by atoms with Crippen LogP contribution in [0.5, 0.6) is 5.75 Å². The molecular weight excluding hydrogens is 352 g/mol. The van der Waals surface area contributed by atoms with E-state index in [9.17, 15) is 9.59 Å². The number of carbonyl (C=O) groups is 2. The van der Waals surface area contributed by atoms with Crippen LogP contribution >= 0.6 is 11.8 Å². The molecule has 6 nitrogen and oxygen atoms in total. The molecule has 0 bridgehead atoms. The number of rotatable bonds is 6. The van der Waals surface area contributed by atoms with E-state index in [-0.39, 0.29) is 18.9 Å². The zero-order valence-electron chi connectivity index (χ0n) is 13.7. The van der Waals surface area contributed by atoms with E-state index in [0.29, 0.717) is 15.8 Å². The predicted molar refractivity (Wildman–Crippen MR) is 101 cm³/mol. The first kappa shape index (κ1) is 17.8. The number of amidine groups is 1. The van der Waals surface area contributed by atoms with E-state index in [1.165, 1.54) is 11.8 Å². The van der Waals surface area contributed by atoms with E-state index in [4.69, 9.17) is 9.84 Å². The van der Waals surface area contributed by atoms with Gasteiger partial charge in [-0.2, -0.15) is 0 Å². The van der Waals surface area contributed by atoms with Gasteiger partial charge in [0.25, 0.3) is 5.91 Å². The van der Waals surface area contributed by atoms with E-state index in [2.05, 4.69) is 10.3 Å². The molecule has 2 N–H and O–H groups in total. The Hall–Kier alpha value is -3.06. The van der Waals surface area contributed by atoms with Gasteiger partial charge in [0.1, 0.15) is 5.75 Å². The SMILES string of the molecule is O=C(O)CCOc1cccc(/C=C2/SC(=Nc3ccccc3)NC2=O)c1. The Bertz CT molecular complexity index is 878. The molecule has 26 heavy (non-hydrogen) atoms. The van der Waals surface area contributed by atoms with Crippen molar-refractivity contribution < 1.29 is 19.4 Å². The molecule has 3 rings (SSSR count). The number of nitrogens with zero attached hydrogens (tertiary/aromatic N) is 1. The van der Waals surface area contributed by atoms with Crippen LogP contribution in [0.4, 0.5) is 5.69 Å². The maximum Gasteiger partial charge on any atom is 0.306 e. The standard InChI is InChI=1S/C19H16N2O4S/c22-17(23)9-10-25-15-8-4-5-13(11-15)12-16-18(24)21-19(26-16)20-14-6-2-1-3-7-14/h1-8,11-12H,9-10H2,(H,22,23)(H,20,21,24)/b16-12+. The van der Waals surface area contributed by atoms with Gasteiger partial charge in [0.2, 0.25) is 0 Å². The van der Waals surface area contributed by atoms with Crippen molar-refractivity contribution in [1.82, 2.24) is 5.32 Å². The van der Waals surface area contributed by atoms with Gasteiger partial charge in [-0.1, -0.05) is 30.3 Å². The number of hydrogen-bond acceptors (Lipinski definition) is 5. The summed E-state index contributed by atoms with van der Waals surface area (Å²) in [4.78, 5) is 27.6. The fourth-order valence-electron chi connectivity index (χ4n) is 2.20. The zero-order valence-corrected chi connectivity index (χ0v) is 14.5. The van der Waals surface area contributed by atoms with Crippen molar-refractivity contribution in [2.24, 2.45) is 4.99 Å². The molecule has 132 valence electrons. The fraction of sp³-hybridized carbons (Fsp3) is 0.105. The Morgan fingerprint density at radius 3 is 2.77 bits per heavy atom. The molecule has 0 spiro atoms. The smallest absolute Gasteiger partial charge is 0.306 e. The lowest BCUT2D eigenvalue weighted by Crippen LogP contribution is -2.19. The van der Waals surface area contributed by atoms with E-state index in [1.54, 1.807) is 24.3 Å². The summed E-state index contributed by atoms with van der Waals surface area (Å²) in [6, 6.07) is 16.5. The van der Waals surface area contributed by atoms with Crippen LogP contribution in [-0.2, 0) is 9.59 Å². The molecule has 1 fully saturated rings. The first-order valence-corrected chi connectivity index (χ1v) is 8.71. The van der Waals surface area contributed by atoms with E-state index in [0.717, 1.165) is 11.3 Å². The number of amides is 1. The average molecular weight is 368 g/mol. The summed E-state index contributed by atoms with van der Waals surface area (Å²) in [5, 5.41) is 11.9. The summed E-state index contributed by atoms with van der Waals surface area (Å²) >= 11 is 1.27. The van der Waals surface area contributed by atoms with Gasteiger partial charge in [-0.05, 0) is 47.7 Å². The fourth-order valence-corrected chi connectivity index (χ4v) is 3.04. The second-order valence-corrected chi connectivity index (χ2v) is 6.41. The van der Waals surface area contributed by atoms with Gasteiger partial charge in [0.05, 0.1) is 23.6 Å². The topological polar surface area (TPSA) is 88.0 Å². The third kappa shape index (κ3) is 4.97. The molecule has 0 aromatic heterocycles. The number of benzene rings is 2. The molecule has 0 radical (unpaired) electrons. The number of carboxylic acid groups (broad SMARTS) is 1. The number of carbonyl (C=O) groups excluding carboxylic acids is 1. The minimum absolute atomic E-state index is 0.0666. The second kappa shape index (κ2) is 8.35. The molecule has 7 heteroatoms. The lowest BCUT2D eigenvalue weighted by atomic mass is 10.2. The summed E-state index contributed by atoms with van der Waals surface area (Å²) in [5.41, 5.74) is 1.56. The number of ether oxygens (including phenoxy) is 1. The molecule has 0 unspecified atom stereocenters. The Morgan fingerprint density at radius 2 is 2.00 bits per heavy atom. The summed E-state index contributed by atoms with van der Waals surface area (Å²) < 4.78 is 5.41. The summed E-state index contributed by atoms with van der Waals surface area (Å²) in [6.45, 7) is 0.0957. The Morgan fingerprint density at radius 1 is 1.19 bits per heavy atom. The maximum absolute atomic E-state index is 12.1. The molecule has 1 saturated heterocycles. The van der Waals surface area contributed by atoms with Crippen molar-refractivity contribution in [2.75, 3.05) is 6.61 Å². The first-order chi connectivity index (χ1) is 12.6. The average Bonchev–Trinajstić information content (AvgIpc) is 2.95.